The minimum atomic E-state index is -0.395. The van der Waals surface area contributed by atoms with Crippen molar-refractivity contribution in [2.24, 2.45) is 0 Å². The zero-order chi connectivity index (χ0) is 17.7. The summed E-state index contributed by atoms with van der Waals surface area (Å²) in [5.74, 6) is 0.687. The minimum Gasteiger partial charge on any atom is -0.357 e. The molecule has 26 heavy (non-hydrogen) atoms. The lowest BCUT2D eigenvalue weighted by Gasteiger charge is -2.39. The lowest BCUT2D eigenvalue weighted by Crippen LogP contribution is -2.45. The van der Waals surface area contributed by atoms with E-state index in [0.717, 1.165) is 54.0 Å². The summed E-state index contributed by atoms with van der Waals surface area (Å²) in [7, 11) is 0. The van der Waals surface area contributed by atoms with Gasteiger partial charge in [-0.25, -0.2) is 4.98 Å². The van der Waals surface area contributed by atoms with E-state index < -0.39 is 5.79 Å². The molecule has 5 rings (SSSR count). The molecule has 6 heteroatoms. The molecule has 0 aliphatic carbocycles. The predicted molar refractivity (Wildman–Crippen MR) is 98.2 cm³/mol. The van der Waals surface area contributed by atoms with Gasteiger partial charge in [-0.3, -0.25) is 4.40 Å². The molecule has 4 heterocycles. The van der Waals surface area contributed by atoms with E-state index in [2.05, 4.69) is 27.5 Å². The summed E-state index contributed by atoms with van der Waals surface area (Å²) in [4.78, 5) is 7.09. The molecule has 2 aliphatic rings. The topological polar surface area (TPSA) is 62.8 Å². The van der Waals surface area contributed by atoms with Crippen molar-refractivity contribution in [2.75, 3.05) is 31.2 Å². The van der Waals surface area contributed by atoms with Crippen molar-refractivity contribution in [3.63, 3.8) is 0 Å². The van der Waals surface area contributed by atoms with Crippen molar-refractivity contribution in [3.05, 3.63) is 41.5 Å². The van der Waals surface area contributed by atoms with Gasteiger partial charge in [0.05, 0.1) is 29.8 Å². The predicted octanol–water partition coefficient (Wildman–Crippen LogP) is 3.01. The fourth-order valence-corrected chi connectivity index (χ4v) is 4.17. The lowest BCUT2D eigenvalue weighted by atomic mass is 10.0. The molecule has 2 aromatic heterocycles. The smallest absolute Gasteiger partial charge is 0.171 e. The molecule has 0 atom stereocenters. The number of nitrogens with zero attached hydrogens (tertiary/aromatic N) is 4. The molecule has 1 aromatic carbocycles. The van der Waals surface area contributed by atoms with Crippen LogP contribution in [0.2, 0.25) is 0 Å². The van der Waals surface area contributed by atoms with Gasteiger partial charge >= 0.3 is 0 Å². The second-order valence-electron chi connectivity index (χ2n) is 7.03. The summed E-state index contributed by atoms with van der Waals surface area (Å²) < 4.78 is 13.8. The summed E-state index contributed by atoms with van der Waals surface area (Å²) >= 11 is 0. The minimum absolute atomic E-state index is 0.395. The zero-order valence-corrected chi connectivity index (χ0v) is 14.7. The SMILES string of the molecule is Cc1cc(N2CCC3(CC2)OCCO3)n2c(nc3ccccc32)c1C#N. The number of aryl methyl sites for hydroxylation is 1. The van der Waals surface area contributed by atoms with E-state index in [4.69, 9.17) is 14.5 Å². The normalized spacial score (nSPS) is 19.5. The molecule has 0 radical (unpaired) electrons. The monoisotopic (exact) mass is 348 g/mol. The number of fused-ring (bicyclic) bond motifs is 3. The van der Waals surface area contributed by atoms with Crippen molar-refractivity contribution in [3.8, 4) is 6.07 Å². The third-order valence-corrected chi connectivity index (χ3v) is 5.53. The van der Waals surface area contributed by atoms with Crippen LogP contribution in [-0.4, -0.2) is 41.5 Å². The third-order valence-electron chi connectivity index (χ3n) is 5.53. The van der Waals surface area contributed by atoms with Crippen LogP contribution in [0.15, 0.2) is 30.3 Å². The quantitative estimate of drug-likeness (QED) is 0.676. The van der Waals surface area contributed by atoms with Crippen LogP contribution in [-0.2, 0) is 9.47 Å². The molecule has 0 amide bonds. The maximum atomic E-state index is 9.63. The second-order valence-corrected chi connectivity index (χ2v) is 7.03. The van der Waals surface area contributed by atoms with Gasteiger partial charge in [0.25, 0.3) is 0 Å². The summed E-state index contributed by atoms with van der Waals surface area (Å²) in [5.41, 5.74) is 4.27. The van der Waals surface area contributed by atoms with Crippen LogP contribution in [0, 0.1) is 18.3 Å². The maximum Gasteiger partial charge on any atom is 0.171 e. The summed E-state index contributed by atoms with van der Waals surface area (Å²) in [6, 6.07) is 12.5. The average Bonchev–Trinajstić information content (AvgIpc) is 3.27. The Bertz CT molecular complexity index is 1030. The van der Waals surface area contributed by atoms with Gasteiger partial charge < -0.3 is 14.4 Å². The van der Waals surface area contributed by atoms with Crippen LogP contribution in [0.25, 0.3) is 16.7 Å². The molecule has 0 unspecified atom stereocenters. The molecule has 2 saturated heterocycles. The Morgan fingerprint density at radius 3 is 2.62 bits per heavy atom. The van der Waals surface area contributed by atoms with Crippen molar-refractivity contribution in [1.82, 2.24) is 9.38 Å². The van der Waals surface area contributed by atoms with Crippen molar-refractivity contribution in [1.29, 1.82) is 5.26 Å². The van der Waals surface area contributed by atoms with Gasteiger partial charge in [-0.15, -0.1) is 0 Å². The van der Waals surface area contributed by atoms with Crippen LogP contribution in [0.4, 0.5) is 5.82 Å². The largest absolute Gasteiger partial charge is 0.357 e. The first-order chi connectivity index (χ1) is 12.7. The molecule has 0 N–H and O–H groups in total. The van der Waals surface area contributed by atoms with E-state index in [1.54, 1.807) is 0 Å². The molecular formula is C20H20N4O2. The highest BCUT2D eigenvalue weighted by Gasteiger charge is 2.40. The first-order valence-electron chi connectivity index (χ1n) is 9.05. The van der Waals surface area contributed by atoms with Gasteiger partial charge in [0.15, 0.2) is 11.4 Å². The first kappa shape index (κ1) is 15.6. The van der Waals surface area contributed by atoms with Crippen LogP contribution in [0.1, 0.15) is 24.0 Å². The average molecular weight is 348 g/mol. The molecule has 1 spiro atoms. The fourth-order valence-electron chi connectivity index (χ4n) is 4.17. The Hall–Kier alpha value is -2.62. The van der Waals surface area contributed by atoms with Crippen LogP contribution in [0.5, 0.6) is 0 Å². The van der Waals surface area contributed by atoms with Gasteiger partial charge in [-0.2, -0.15) is 5.26 Å². The van der Waals surface area contributed by atoms with Crippen LogP contribution in [0.3, 0.4) is 0 Å². The molecule has 0 saturated carbocycles. The highest BCUT2D eigenvalue weighted by Crippen LogP contribution is 2.35. The lowest BCUT2D eigenvalue weighted by molar-refractivity contribution is -0.169. The number of aromatic nitrogens is 2. The Morgan fingerprint density at radius 2 is 1.88 bits per heavy atom. The molecule has 0 bridgehead atoms. The van der Waals surface area contributed by atoms with Crippen molar-refractivity contribution in [2.45, 2.75) is 25.6 Å². The Kier molecular flexibility index (Phi) is 3.42. The highest BCUT2D eigenvalue weighted by molar-refractivity contribution is 5.85. The molecular weight excluding hydrogens is 328 g/mol. The number of hydrogen-bond acceptors (Lipinski definition) is 5. The zero-order valence-electron chi connectivity index (χ0n) is 14.7. The molecule has 2 aliphatic heterocycles. The second kappa shape index (κ2) is 5.70. The van der Waals surface area contributed by atoms with E-state index >= 15 is 0 Å². The summed E-state index contributed by atoms with van der Waals surface area (Å²) in [5, 5.41) is 9.63. The molecule has 6 nitrogen and oxygen atoms in total. The van der Waals surface area contributed by atoms with Crippen molar-refractivity contribution >= 4 is 22.5 Å². The number of piperidine rings is 1. The summed E-state index contributed by atoms with van der Waals surface area (Å²) in [6.45, 7) is 5.06. The first-order valence-corrected chi connectivity index (χ1v) is 9.05. The number of benzene rings is 1. The van der Waals surface area contributed by atoms with Gasteiger partial charge in [0, 0.05) is 25.9 Å². The Balaban J connectivity index is 1.65. The molecule has 2 fully saturated rings. The van der Waals surface area contributed by atoms with E-state index in [0.29, 0.717) is 18.8 Å². The van der Waals surface area contributed by atoms with Crippen molar-refractivity contribution < 1.29 is 9.47 Å². The van der Waals surface area contributed by atoms with Gasteiger partial charge in [-0.05, 0) is 30.7 Å². The number of hydrogen-bond donors (Lipinski definition) is 0. The highest BCUT2D eigenvalue weighted by atomic mass is 16.7. The van der Waals surface area contributed by atoms with Gasteiger partial charge in [-0.1, -0.05) is 12.1 Å². The summed E-state index contributed by atoms with van der Waals surface area (Å²) in [6.07, 6.45) is 1.69. The van der Waals surface area contributed by atoms with E-state index in [9.17, 15) is 5.26 Å². The number of pyridine rings is 1. The number of para-hydroxylation sites is 2. The Morgan fingerprint density at radius 1 is 1.15 bits per heavy atom. The fraction of sp³-hybridized carbons (Fsp3) is 0.400. The number of imidazole rings is 1. The van der Waals surface area contributed by atoms with Crippen LogP contribution >= 0.6 is 0 Å². The van der Waals surface area contributed by atoms with E-state index in [1.807, 2.05) is 25.1 Å². The molecule has 3 aromatic rings. The number of ether oxygens (including phenoxy) is 2. The standard InChI is InChI=1S/C20H20N4O2/c1-14-12-18(23-8-6-20(7-9-23)25-10-11-26-20)24-17-5-3-2-4-16(17)22-19(24)15(14)13-21/h2-5,12H,6-11H2,1H3. The van der Waals surface area contributed by atoms with E-state index in [-0.39, 0.29) is 0 Å². The Labute approximate surface area is 151 Å². The van der Waals surface area contributed by atoms with E-state index in [1.165, 1.54) is 0 Å². The van der Waals surface area contributed by atoms with Gasteiger partial charge in [0.2, 0.25) is 0 Å². The number of rotatable bonds is 1. The molecule has 132 valence electrons. The number of nitriles is 1. The third kappa shape index (κ3) is 2.21. The van der Waals surface area contributed by atoms with Gasteiger partial charge in [0.1, 0.15) is 11.9 Å². The number of anilines is 1. The maximum absolute atomic E-state index is 9.63. The van der Waals surface area contributed by atoms with Crippen LogP contribution < -0.4 is 4.90 Å².